The van der Waals surface area contributed by atoms with Gasteiger partial charge in [-0.2, -0.15) is 0 Å². The number of hydrogen-bond acceptors (Lipinski definition) is 2. The van der Waals surface area contributed by atoms with Gasteiger partial charge in [0.25, 0.3) is 5.91 Å². The lowest BCUT2D eigenvalue weighted by molar-refractivity contribution is 0.0938. The van der Waals surface area contributed by atoms with Crippen LogP contribution in [0.25, 0.3) is 0 Å². The van der Waals surface area contributed by atoms with Gasteiger partial charge in [-0.25, -0.2) is 4.98 Å². The van der Waals surface area contributed by atoms with Crippen molar-refractivity contribution >= 4 is 5.91 Å². The molecule has 3 aromatic rings. The van der Waals surface area contributed by atoms with E-state index in [9.17, 15) is 4.79 Å². The maximum atomic E-state index is 12.4. The Morgan fingerprint density at radius 2 is 1.84 bits per heavy atom. The molecule has 1 atom stereocenters. The number of nitrogens with one attached hydrogen (secondary N) is 1. The number of aryl methyl sites for hydroxylation is 1. The average molecular weight is 333 g/mol. The first kappa shape index (κ1) is 17.0. The summed E-state index contributed by atoms with van der Waals surface area (Å²) in [6.07, 6.45) is 7.36. The van der Waals surface area contributed by atoms with Crippen molar-refractivity contribution in [2.75, 3.05) is 0 Å². The number of rotatable bonds is 7. The summed E-state index contributed by atoms with van der Waals surface area (Å²) in [4.78, 5) is 16.4. The van der Waals surface area contributed by atoms with Gasteiger partial charge in [-0.15, -0.1) is 0 Å². The van der Waals surface area contributed by atoms with Crippen LogP contribution in [0.5, 0.6) is 0 Å². The summed E-state index contributed by atoms with van der Waals surface area (Å²) >= 11 is 0. The first-order valence-corrected chi connectivity index (χ1v) is 8.60. The Kier molecular flexibility index (Phi) is 5.62. The SMILES string of the molecule is C[C@H](CCc1ccccc1)NC(=O)c1ccc(Cn2ccnc2)cc1. The summed E-state index contributed by atoms with van der Waals surface area (Å²) in [6, 6.07) is 18.2. The van der Waals surface area contributed by atoms with Crippen molar-refractivity contribution < 1.29 is 4.79 Å². The molecule has 0 saturated heterocycles. The zero-order valence-electron chi connectivity index (χ0n) is 14.4. The fourth-order valence-electron chi connectivity index (χ4n) is 2.76. The minimum atomic E-state index is -0.0188. The summed E-state index contributed by atoms with van der Waals surface area (Å²) in [5, 5.41) is 3.08. The van der Waals surface area contributed by atoms with Crippen LogP contribution in [0.4, 0.5) is 0 Å². The Balaban J connectivity index is 1.50. The van der Waals surface area contributed by atoms with E-state index < -0.39 is 0 Å². The van der Waals surface area contributed by atoms with E-state index in [2.05, 4.69) is 22.4 Å². The molecule has 0 radical (unpaired) electrons. The highest BCUT2D eigenvalue weighted by molar-refractivity contribution is 5.94. The average Bonchev–Trinajstić information content (AvgIpc) is 3.14. The molecule has 128 valence electrons. The van der Waals surface area contributed by atoms with Crippen LogP contribution < -0.4 is 5.32 Å². The third kappa shape index (κ3) is 5.05. The minimum Gasteiger partial charge on any atom is -0.350 e. The zero-order chi connectivity index (χ0) is 17.5. The van der Waals surface area contributed by atoms with Crippen molar-refractivity contribution in [1.82, 2.24) is 14.9 Å². The maximum absolute atomic E-state index is 12.4. The van der Waals surface area contributed by atoms with Gasteiger partial charge in [0.2, 0.25) is 0 Å². The van der Waals surface area contributed by atoms with Crippen LogP contribution in [0.1, 0.15) is 34.8 Å². The minimum absolute atomic E-state index is 0.0188. The van der Waals surface area contributed by atoms with Gasteiger partial charge in [-0.3, -0.25) is 4.79 Å². The number of nitrogens with zero attached hydrogens (tertiary/aromatic N) is 2. The lowest BCUT2D eigenvalue weighted by Gasteiger charge is -2.14. The van der Waals surface area contributed by atoms with Gasteiger partial charge in [0, 0.05) is 30.5 Å². The third-order valence-corrected chi connectivity index (χ3v) is 4.23. The first-order valence-electron chi connectivity index (χ1n) is 8.60. The number of aromatic nitrogens is 2. The van der Waals surface area contributed by atoms with Gasteiger partial charge in [-0.05, 0) is 43.0 Å². The van der Waals surface area contributed by atoms with Crippen LogP contribution >= 0.6 is 0 Å². The molecule has 4 heteroatoms. The summed E-state index contributed by atoms with van der Waals surface area (Å²) in [7, 11) is 0. The van der Waals surface area contributed by atoms with Crippen LogP contribution in [-0.2, 0) is 13.0 Å². The van der Waals surface area contributed by atoms with E-state index in [0.717, 1.165) is 24.9 Å². The Morgan fingerprint density at radius 1 is 1.08 bits per heavy atom. The number of amides is 1. The fourth-order valence-corrected chi connectivity index (χ4v) is 2.76. The molecule has 2 aromatic carbocycles. The normalized spacial score (nSPS) is 11.9. The Bertz CT molecular complexity index is 780. The van der Waals surface area contributed by atoms with E-state index in [4.69, 9.17) is 0 Å². The summed E-state index contributed by atoms with van der Waals surface area (Å²) in [5.74, 6) is -0.0188. The van der Waals surface area contributed by atoms with E-state index in [0.29, 0.717) is 5.56 Å². The summed E-state index contributed by atoms with van der Waals surface area (Å²) in [6.45, 7) is 2.81. The Labute approximate surface area is 148 Å². The molecule has 0 spiro atoms. The molecular weight excluding hydrogens is 310 g/mol. The van der Waals surface area contributed by atoms with Gasteiger partial charge in [-0.1, -0.05) is 42.5 Å². The molecule has 3 rings (SSSR count). The molecule has 0 aliphatic rings. The highest BCUT2D eigenvalue weighted by atomic mass is 16.1. The van der Waals surface area contributed by atoms with Crippen molar-refractivity contribution in [2.45, 2.75) is 32.4 Å². The second-order valence-electron chi connectivity index (χ2n) is 6.33. The lowest BCUT2D eigenvalue weighted by Crippen LogP contribution is -2.32. The van der Waals surface area contributed by atoms with Crippen LogP contribution in [-0.4, -0.2) is 21.5 Å². The molecule has 0 unspecified atom stereocenters. The molecule has 1 N–H and O–H groups in total. The van der Waals surface area contributed by atoms with Gasteiger partial charge >= 0.3 is 0 Å². The maximum Gasteiger partial charge on any atom is 0.251 e. The van der Waals surface area contributed by atoms with Gasteiger partial charge in [0.05, 0.1) is 6.33 Å². The van der Waals surface area contributed by atoms with Crippen molar-refractivity contribution in [3.8, 4) is 0 Å². The predicted octanol–water partition coefficient (Wildman–Crippen LogP) is 3.68. The molecule has 0 saturated carbocycles. The Hall–Kier alpha value is -2.88. The largest absolute Gasteiger partial charge is 0.350 e. The number of imidazole rings is 1. The van der Waals surface area contributed by atoms with Gasteiger partial charge < -0.3 is 9.88 Å². The third-order valence-electron chi connectivity index (χ3n) is 4.23. The van der Waals surface area contributed by atoms with E-state index in [1.807, 2.05) is 60.2 Å². The van der Waals surface area contributed by atoms with Crippen molar-refractivity contribution in [3.63, 3.8) is 0 Å². The van der Waals surface area contributed by atoms with Gasteiger partial charge in [0.15, 0.2) is 0 Å². The summed E-state index contributed by atoms with van der Waals surface area (Å²) < 4.78 is 2.00. The molecule has 25 heavy (non-hydrogen) atoms. The number of benzene rings is 2. The monoisotopic (exact) mass is 333 g/mol. The van der Waals surface area contributed by atoms with Gasteiger partial charge in [0.1, 0.15) is 0 Å². The van der Waals surface area contributed by atoms with Crippen LogP contribution in [0.15, 0.2) is 73.3 Å². The highest BCUT2D eigenvalue weighted by Gasteiger charge is 2.10. The molecule has 0 fully saturated rings. The molecule has 0 aliphatic heterocycles. The van der Waals surface area contributed by atoms with Crippen LogP contribution in [0, 0.1) is 0 Å². The van der Waals surface area contributed by atoms with Crippen LogP contribution in [0.3, 0.4) is 0 Å². The molecule has 4 nitrogen and oxygen atoms in total. The number of carbonyl (C=O) groups is 1. The van der Waals surface area contributed by atoms with Crippen molar-refractivity contribution in [1.29, 1.82) is 0 Å². The number of carbonyl (C=O) groups excluding carboxylic acids is 1. The second-order valence-corrected chi connectivity index (χ2v) is 6.33. The van der Waals surface area contributed by atoms with E-state index in [1.54, 1.807) is 12.5 Å². The molecule has 0 bridgehead atoms. The van der Waals surface area contributed by atoms with Crippen molar-refractivity contribution in [2.24, 2.45) is 0 Å². The smallest absolute Gasteiger partial charge is 0.251 e. The predicted molar refractivity (Wildman–Crippen MR) is 99.5 cm³/mol. The summed E-state index contributed by atoms with van der Waals surface area (Å²) in [5.41, 5.74) is 3.14. The second kappa shape index (κ2) is 8.29. The van der Waals surface area contributed by atoms with E-state index in [1.165, 1.54) is 5.56 Å². The highest BCUT2D eigenvalue weighted by Crippen LogP contribution is 2.09. The van der Waals surface area contributed by atoms with Crippen LogP contribution in [0.2, 0.25) is 0 Å². The molecule has 1 heterocycles. The standard InChI is InChI=1S/C21H23N3O/c1-17(7-8-18-5-3-2-4-6-18)23-21(25)20-11-9-19(10-12-20)15-24-14-13-22-16-24/h2-6,9-14,16-17H,7-8,15H2,1H3,(H,23,25)/t17-/m1/s1. The zero-order valence-corrected chi connectivity index (χ0v) is 14.4. The quantitative estimate of drug-likeness (QED) is 0.717. The molecule has 1 amide bonds. The molecule has 0 aliphatic carbocycles. The topological polar surface area (TPSA) is 46.9 Å². The van der Waals surface area contributed by atoms with E-state index in [-0.39, 0.29) is 11.9 Å². The fraction of sp³-hybridized carbons (Fsp3) is 0.238. The lowest BCUT2D eigenvalue weighted by atomic mass is 10.1. The van der Waals surface area contributed by atoms with E-state index >= 15 is 0 Å². The molecule has 1 aromatic heterocycles. The van der Waals surface area contributed by atoms with Crippen molar-refractivity contribution in [3.05, 3.63) is 90.0 Å². The number of hydrogen-bond donors (Lipinski definition) is 1. The first-order chi connectivity index (χ1) is 12.2. The molecular formula is C21H23N3O. The Morgan fingerprint density at radius 3 is 2.52 bits per heavy atom.